The van der Waals surface area contributed by atoms with E-state index in [1.165, 1.54) is 22.7 Å². The third-order valence-corrected chi connectivity index (χ3v) is 4.53. The first kappa shape index (κ1) is 12.8. The zero-order chi connectivity index (χ0) is 14.1. The lowest BCUT2D eigenvalue weighted by Crippen LogP contribution is -2.01. The van der Waals surface area contributed by atoms with Crippen LogP contribution in [0.15, 0.2) is 35.7 Å². The number of anilines is 2. The van der Waals surface area contributed by atoms with E-state index in [0.29, 0.717) is 32.1 Å². The molecule has 3 aromatic rings. The molecular weight excluding hydrogens is 292 g/mol. The SMILES string of the molecule is Nc1nc(N)c(-c2nc(C(=O)c3ccccc3)cs2)s1. The van der Waals surface area contributed by atoms with Gasteiger partial charge in [0, 0.05) is 10.9 Å². The van der Waals surface area contributed by atoms with Crippen LogP contribution in [0.25, 0.3) is 9.88 Å². The fourth-order valence-electron chi connectivity index (χ4n) is 1.72. The Bertz CT molecular complexity index is 764. The molecule has 0 aliphatic heterocycles. The number of nitrogen functional groups attached to an aromatic ring is 2. The Kier molecular flexibility index (Phi) is 3.21. The Morgan fingerprint density at radius 1 is 1.10 bits per heavy atom. The molecule has 2 heterocycles. The van der Waals surface area contributed by atoms with Crippen LogP contribution in [0.1, 0.15) is 16.1 Å². The van der Waals surface area contributed by atoms with Crippen LogP contribution in [-0.4, -0.2) is 15.8 Å². The molecule has 7 heteroatoms. The lowest BCUT2D eigenvalue weighted by atomic mass is 10.1. The minimum atomic E-state index is -0.107. The number of hydrogen-bond acceptors (Lipinski definition) is 7. The highest BCUT2D eigenvalue weighted by atomic mass is 32.1. The van der Waals surface area contributed by atoms with E-state index >= 15 is 0 Å². The third kappa shape index (κ3) is 2.28. The number of benzene rings is 1. The van der Waals surface area contributed by atoms with Crippen molar-refractivity contribution >= 4 is 39.4 Å². The van der Waals surface area contributed by atoms with Gasteiger partial charge in [-0.25, -0.2) is 9.97 Å². The van der Waals surface area contributed by atoms with Crippen molar-refractivity contribution in [2.24, 2.45) is 0 Å². The number of ketones is 1. The molecule has 0 spiro atoms. The van der Waals surface area contributed by atoms with E-state index in [-0.39, 0.29) is 5.78 Å². The van der Waals surface area contributed by atoms with Crippen molar-refractivity contribution in [1.29, 1.82) is 0 Å². The van der Waals surface area contributed by atoms with Crippen molar-refractivity contribution in [3.63, 3.8) is 0 Å². The monoisotopic (exact) mass is 302 g/mol. The lowest BCUT2D eigenvalue weighted by molar-refractivity contribution is 0.103. The first-order valence-corrected chi connectivity index (χ1v) is 7.42. The zero-order valence-electron chi connectivity index (χ0n) is 10.2. The van der Waals surface area contributed by atoms with Gasteiger partial charge < -0.3 is 11.5 Å². The Morgan fingerprint density at radius 3 is 2.50 bits per heavy atom. The van der Waals surface area contributed by atoms with Crippen molar-refractivity contribution in [1.82, 2.24) is 9.97 Å². The van der Waals surface area contributed by atoms with Gasteiger partial charge in [0.1, 0.15) is 21.4 Å². The number of nitrogens with zero attached hydrogens (tertiary/aromatic N) is 2. The molecule has 4 N–H and O–H groups in total. The van der Waals surface area contributed by atoms with Gasteiger partial charge in [-0.15, -0.1) is 11.3 Å². The molecule has 0 aliphatic rings. The summed E-state index contributed by atoms with van der Waals surface area (Å²) < 4.78 is 0. The molecule has 0 aliphatic carbocycles. The van der Waals surface area contributed by atoms with Crippen molar-refractivity contribution in [2.45, 2.75) is 0 Å². The number of carbonyl (C=O) groups is 1. The van der Waals surface area contributed by atoms with Gasteiger partial charge in [-0.1, -0.05) is 41.7 Å². The normalized spacial score (nSPS) is 10.6. The van der Waals surface area contributed by atoms with E-state index in [2.05, 4.69) is 9.97 Å². The molecule has 20 heavy (non-hydrogen) atoms. The summed E-state index contributed by atoms with van der Waals surface area (Å²) >= 11 is 2.62. The smallest absolute Gasteiger partial charge is 0.212 e. The van der Waals surface area contributed by atoms with Crippen LogP contribution < -0.4 is 11.5 Å². The Balaban J connectivity index is 1.95. The quantitative estimate of drug-likeness (QED) is 0.725. The number of hydrogen-bond donors (Lipinski definition) is 2. The second-order valence-electron chi connectivity index (χ2n) is 4.00. The fourth-order valence-corrected chi connectivity index (χ4v) is 3.37. The van der Waals surface area contributed by atoms with E-state index in [1.54, 1.807) is 17.5 Å². The second-order valence-corrected chi connectivity index (χ2v) is 5.89. The zero-order valence-corrected chi connectivity index (χ0v) is 11.9. The van der Waals surface area contributed by atoms with Crippen LogP contribution in [0.3, 0.4) is 0 Å². The largest absolute Gasteiger partial charge is 0.382 e. The molecule has 0 saturated carbocycles. The van der Waals surface area contributed by atoms with Gasteiger partial charge in [-0.2, -0.15) is 0 Å². The Labute approximate surface area is 122 Å². The van der Waals surface area contributed by atoms with Crippen LogP contribution in [0.5, 0.6) is 0 Å². The maximum atomic E-state index is 12.3. The summed E-state index contributed by atoms with van der Waals surface area (Å²) in [6.45, 7) is 0. The number of rotatable bonds is 3. The summed E-state index contributed by atoms with van der Waals surface area (Å²) in [7, 11) is 0. The second kappa shape index (κ2) is 5.03. The van der Waals surface area contributed by atoms with E-state index in [1.807, 2.05) is 18.2 Å². The fraction of sp³-hybridized carbons (Fsp3) is 0. The molecule has 0 radical (unpaired) electrons. The molecule has 0 saturated heterocycles. The van der Waals surface area contributed by atoms with Crippen LogP contribution in [-0.2, 0) is 0 Å². The van der Waals surface area contributed by atoms with Gasteiger partial charge in [0.2, 0.25) is 5.78 Å². The maximum Gasteiger partial charge on any atom is 0.212 e. The highest BCUT2D eigenvalue weighted by Gasteiger charge is 2.17. The molecule has 1 aromatic carbocycles. The molecule has 0 unspecified atom stereocenters. The van der Waals surface area contributed by atoms with Crippen molar-refractivity contribution in [3.05, 3.63) is 47.0 Å². The molecular formula is C13H10N4OS2. The van der Waals surface area contributed by atoms with Crippen LogP contribution >= 0.6 is 22.7 Å². The van der Waals surface area contributed by atoms with Gasteiger partial charge in [0.05, 0.1) is 0 Å². The number of thiazole rings is 2. The standard InChI is InChI=1S/C13H10N4OS2/c14-11-10(20-13(15)17-11)12-16-8(6-19-12)9(18)7-4-2-1-3-5-7/h1-6H,14H2,(H2,15,17). The third-order valence-electron chi connectivity index (χ3n) is 2.64. The summed E-state index contributed by atoms with van der Waals surface area (Å²) in [5.41, 5.74) is 12.4. The van der Waals surface area contributed by atoms with E-state index in [0.717, 1.165) is 0 Å². The predicted octanol–water partition coefficient (Wildman–Crippen LogP) is 2.66. The van der Waals surface area contributed by atoms with Gasteiger partial charge in [-0.3, -0.25) is 4.79 Å². The van der Waals surface area contributed by atoms with Gasteiger partial charge in [0.25, 0.3) is 0 Å². The predicted molar refractivity (Wildman–Crippen MR) is 81.9 cm³/mol. The summed E-state index contributed by atoms with van der Waals surface area (Å²) in [4.78, 5) is 21.3. The van der Waals surface area contributed by atoms with Gasteiger partial charge in [0.15, 0.2) is 5.13 Å². The van der Waals surface area contributed by atoms with Crippen LogP contribution in [0, 0.1) is 0 Å². The topological polar surface area (TPSA) is 94.9 Å². The first-order chi connectivity index (χ1) is 9.65. The molecule has 100 valence electrons. The maximum absolute atomic E-state index is 12.3. The average Bonchev–Trinajstić information content (AvgIpc) is 3.05. The number of nitrogens with two attached hydrogens (primary N) is 2. The molecule has 0 bridgehead atoms. The van der Waals surface area contributed by atoms with Gasteiger partial charge >= 0.3 is 0 Å². The Hall–Kier alpha value is -2.25. The molecule has 2 aromatic heterocycles. The summed E-state index contributed by atoms with van der Waals surface area (Å²) in [5, 5.41) is 2.78. The van der Waals surface area contributed by atoms with Crippen molar-refractivity contribution in [2.75, 3.05) is 11.5 Å². The molecule has 5 nitrogen and oxygen atoms in total. The van der Waals surface area contributed by atoms with E-state index in [4.69, 9.17) is 11.5 Å². The molecule has 3 rings (SSSR count). The van der Waals surface area contributed by atoms with Crippen LogP contribution in [0.4, 0.5) is 10.9 Å². The summed E-state index contributed by atoms with van der Waals surface area (Å²) in [6, 6.07) is 9.04. The molecule has 0 atom stereocenters. The minimum absolute atomic E-state index is 0.107. The van der Waals surface area contributed by atoms with Crippen molar-refractivity contribution < 1.29 is 4.79 Å². The summed E-state index contributed by atoms with van der Waals surface area (Å²) in [6.07, 6.45) is 0. The molecule has 0 fully saturated rings. The van der Waals surface area contributed by atoms with E-state index < -0.39 is 0 Å². The average molecular weight is 302 g/mol. The number of carbonyl (C=O) groups excluding carboxylic acids is 1. The summed E-state index contributed by atoms with van der Waals surface area (Å²) in [5.74, 6) is 0.240. The minimum Gasteiger partial charge on any atom is -0.382 e. The van der Waals surface area contributed by atoms with E-state index in [9.17, 15) is 4.79 Å². The first-order valence-electron chi connectivity index (χ1n) is 5.72. The van der Waals surface area contributed by atoms with Crippen LogP contribution in [0.2, 0.25) is 0 Å². The van der Waals surface area contributed by atoms with Gasteiger partial charge in [-0.05, 0) is 0 Å². The van der Waals surface area contributed by atoms with Crippen molar-refractivity contribution in [3.8, 4) is 9.88 Å². The molecule has 0 amide bonds. The number of aromatic nitrogens is 2. The Morgan fingerprint density at radius 2 is 1.85 bits per heavy atom. The highest BCUT2D eigenvalue weighted by molar-refractivity contribution is 7.23. The lowest BCUT2D eigenvalue weighted by Gasteiger charge is -1.96. The highest BCUT2D eigenvalue weighted by Crippen LogP contribution is 2.35.